The van der Waals surface area contributed by atoms with Crippen LogP contribution in [0.4, 0.5) is 8.78 Å². The molecule has 0 spiro atoms. The molecule has 0 amide bonds. The molecule has 0 radical (unpaired) electrons. The predicted molar refractivity (Wildman–Crippen MR) is 50.3 cm³/mol. The molecule has 0 unspecified atom stereocenters. The number of Topliss-reactive ketones (excluding diaryl/α,β-unsaturated/α-hetero) is 1. The summed E-state index contributed by atoms with van der Waals surface area (Å²) in [5.74, 6) is -2.80. The number of methoxy groups -OCH3 is 1. The third-order valence-electron chi connectivity index (χ3n) is 1.91. The van der Waals surface area contributed by atoms with Crippen molar-refractivity contribution in [3.8, 4) is 5.75 Å². The lowest BCUT2D eigenvalue weighted by Gasteiger charge is -2.07. The first-order valence-corrected chi connectivity index (χ1v) is 4.21. The summed E-state index contributed by atoms with van der Waals surface area (Å²) in [6.07, 6.45) is -3.15. The number of ketones is 1. The van der Waals surface area contributed by atoms with Gasteiger partial charge >= 0.3 is 12.4 Å². The summed E-state index contributed by atoms with van der Waals surface area (Å²) in [6, 6.07) is 3.11. The summed E-state index contributed by atoms with van der Waals surface area (Å²) in [5, 5.41) is 8.65. The molecule has 0 fully saturated rings. The van der Waals surface area contributed by atoms with Gasteiger partial charge < -0.3 is 9.84 Å². The minimum Gasteiger partial charge on any atom is -0.496 e. The number of carbonyl (C=O) groups is 2. The second-order valence-electron chi connectivity index (χ2n) is 2.89. The number of alkyl halides is 2. The first-order valence-electron chi connectivity index (χ1n) is 4.21. The SMILES string of the molecule is COc1cc(C(=O)O)ccc1C(=O)C(F)F. The first-order chi connectivity index (χ1) is 7.47. The molecular formula is C10H8F2O4. The lowest BCUT2D eigenvalue weighted by molar-refractivity contribution is 0.0671. The number of halogens is 2. The molecular weight excluding hydrogens is 222 g/mol. The highest BCUT2D eigenvalue weighted by molar-refractivity contribution is 6.02. The van der Waals surface area contributed by atoms with Gasteiger partial charge in [0.2, 0.25) is 5.78 Å². The number of benzene rings is 1. The summed E-state index contributed by atoms with van der Waals surface area (Å²) in [4.78, 5) is 21.6. The van der Waals surface area contributed by atoms with Crippen molar-refractivity contribution in [2.75, 3.05) is 7.11 Å². The van der Waals surface area contributed by atoms with Gasteiger partial charge in [-0.2, -0.15) is 0 Å². The maximum absolute atomic E-state index is 12.2. The van der Waals surface area contributed by atoms with Crippen LogP contribution < -0.4 is 4.74 Å². The summed E-state index contributed by atoms with van der Waals surface area (Å²) < 4.78 is 29.0. The fourth-order valence-electron chi connectivity index (χ4n) is 1.15. The molecule has 6 heteroatoms. The van der Waals surface area contributed by atoms with Gasteiger partial charge in [-0.25, -0.2) is 13.6 Å². The molecule has 0 atom stereocenters. The number of ether oxygens (including phenoxy) is 1. The molecule has 1 aromatic carbocycles. The number of hydrogen-bond donors (Lipinski definition) is 1. The number of rotatable bonds is 4. The third kappa shape index (κ3) is 2.33. The molecule has 1 aromatic rings. The van der Waals surface area contributed by atoms with Gasteiger partial charge in [-0.3, -0.25) is 4.79 Å². The Bertz CT molecular complexity index is 429. The number of hydrogen-bond acceptors (Lipinski definition) is 3. The Morgan fingerprint density at radius 2 is 2.00 bits per heavy atom. The van der Waals surface area contributed by atoms with Gasteiger partial charge in [0.25, 0.3) is 0 Å². The van der Waals surface area contributed by atoms with E-state index in [4.69, 9.17) is 5.11 Å². The van der Waals surface area contributed by atoms with Crippen LogP contribution in [0.5, 0.6) is 5.75 Å². The number of aromatic carboxylic acids is 1. The predicted octanol–water partition coefficient (Wildman–Crippen LogP) is 1.84. The summed E-state index contributed by atoms with van der Waals surface area (Å²) in [6.45, 7) is 0. The van der Waals surface area contributed by atoms with Crippen molar-refractivity contribution in [3.05, 3.63) is 29.3 Å². The second-order valence-corrected chi connectivity index (χ2v) is 2.89. The third-order valence-corrected chi connectivity index (χ3v) is 1.91. The fourth-order valence-corrected chi connectivity index (χ4v) is 1.15. The molecule has 0 heterocycles. The van der Waals surface area contributed by atoms with Crippen molar-refractivity contribution in [1.29, 1.82) is 0 Å². The summed E-state index contributed by atoms with van der Waals surface area (Å²) in [7, 11) is 1.17. The lowest BCUT2D eigenvalue weighted by atomic mass is 10.1. The Morgan fingerprint density at radius 3 is 2.44 bits per heavy atom. The van der Waals surface area contributed by atoms with Gasteiger partial charge in [0.1, 0.15) is 5.75 Å². The average Bonchev–Trinajstić information content (AvgIpc) is 2.26. The van der Waals surface area contributed by atoms with Crippen molar-refractivity contribution in [3.63, 3.8) is 0 Å². The van der Waals surface area contributed by atoms with E-state index in [1.54, 1.807) is 0 Å². The largest absolute Gasteiger partial charge is 0.496 e. The molecule has 0 aliphatic carbocycles. The molecule has 0 bridgehead atoms. The van der Waals surface area contributed by atoms with E-state index in [1.165, 1.54) is 7.11 Å². The van der Waals surface area contributed by atoms with Crippen LogP contribution in [0, 0.1) is 0 Å². The summed E-state index contributed by atoms with van der Waals surface area (Å²) >= 11 is 0. The minimum absolute atomic E-state index is 0.136. The Labute approximate surface area is 89.5 Å². The van der Waals surface area contributed by atoms with Crippen LogP contribution in [-0.4, -0.2) is 30.4 Å². The van der Waals surface area contributed by atoms with Gasteiger partial charge in [0.15, 0.2) is 0 Å². The van der Waals surface area contributed by atoms with Crippen LogP contribution in [0.15, 0.2) is 18.2 Å². The van der Waals surface area contributed by atoms with Gasteiger partial charge in [-0.1, -0.05) is 0 Å². The van der Waals surface area contributed by atoms with Crippen molar-refractivity contribution in [2.45, 2.75) is 6.43 Å². The molecule has 16 heavy (non-hydrogen) atoms. The van der Waals surface area contributed by atoms with Gasteiger partial charge in [0, 0.05) is 0 Å². The van der Waals surface area contributed by atoms with Crippen LogP contribution in [-0.2, 0) is 0 Å². The maximum atomic E-state index is 12.2. The number of carboxylic acid groups (broad SMARTS) is 1. The normalized spacial score (nSPS) is 10.2. The fraction of sp³-hybridized carbons (Fsp3) is 0.200. The van der Waals surface area contributed by atoms with E-state index < -0.39 is 18.2 Å². The minimum atomic E-state index is -3.15. The van der Waals surface area contributed by atoms with E-state index in [0.29, 0.717) is 0 Å². The Morgan fingerprint density at radius 1 is 1.38 bits per heavy atom. The van der Waals surface area contributed by atoms with Gasteiger partial charge in [-0.05, 0) is 18.2 Å². The zero-order valence-electron chi connectivity index (χ0n) is 8.24. The highest BCUT2D eigenvalue weighted by atomic mass is 19.3. The maximum Gasteiger partial charge on any atom is 0.335 e. The Balaban J connectivity index is 3.22. The molecule has 86 valence electrons. The molecule has 4 nitrogen and oxygen atoms in total. The first kappa shape index (κ1) is 12.1. The monoisotopic (exact) mass is 230 g/mol. The molecule has 0 aliphatic heterocycles. The van der Waals surface area contributed by atoms with E-state index in [9.17, 15) is 18.4 Å². The van der Waals surface area contributed by atoms with E-state index in [2.05, 4.69) is 4.74 Å². The van der Waals surface area contributed by atoms with Gasteiger partial charge in [0.05, 0.1) is 18.2 Å². The topological polar surface area (TPSA) is 63.6 Å². The standard InChI is InChI=1S/C10H8F2O4/c1-16-7-4-5(10(14)15)2-3-6(7)8(13)9(11)12/h2-4,9H,1H3,(H,14,15). The number of carbonyl (C=O) groups excluding carboxylic acids is 1. The van der Waals surface area contributed by atoms with E-state index >= 15 is 0 Å². The van der Waals surface area contributed by atoms with Crippen LogP contribution in [0.3, 0.4) is 0 Å². The molecule has 0 aliphatic rings. The van der Waals surface area contributed by atoms with Crippen LogP contribution in [0.25, 0.3) is 0 Å². The molecule has 0 saturated heterocycles. The van der Waals surface area contributed by atoms with Crippen LogP contribution in [0.1, 0.15) is 20.7 Å². The van der Waals surface area contributed by atoms with E-state index in [-0.39, 0.29) is 16.9 Å². The number of carboxylic acids is 1. The van der Waals surface area contributed by atoms with E-state index in [0.717, 1.165) is 18.2 Å². The summed E-state index contributed by atoms with van der Waals surface area (Å²) in [5.41, 5.74) is -0.467. The zero-order chi connectivity index (χ0) is 12.3. The van der Waals surface area contributed by atoms with Crippen molar-refractivity contribution < 1.29 is 28.2 Å². The van der Waals surface area contributed by atoms with Crippen LogP contribution >= 0.6 is 0 Å². The highest BCUT2D eigenvalue weighted by Gasteiger charge is 2.22. The van der Waals surface area contributed by atoms with Crippen molar-refractivity contribution >= 4 is 11.8 Å². The molecule has 0 saturated carbocycles. The van der Waals surface area contributed by atoms with Crippen LogP contribution in [0.2, 0.25) is 0 Å². The lowest BCUT2D eigenvalue weighted by Crippen LogP contribution is -2.12. The Kier molecular flexibility index (Phi) is 3.55. The molecule has 1 N–H and O–H groups in total. The highest BCUT2D eigenvalue weighted by Crippen LogP contribution is 2.22. The van der Waals surface area contributed by atoms with Crippen molar-refractivity contribution in [2.24, 2.45) is 0 Å². The van der Waals surface area contributed by atoms with E-state index in [1.807, 2.05) is 0 Å². The average molecular weight is 230 g/mol. The van der Waals surface area contributed by atoms with Gasteiger partial charge in [-0.15, -0.1) is 0 Å². The second kappa shape index (κ2) is 4.69. The Hall–Kier alpha value is -1.98. The zero-order valence-corrected chi connectivity index (χ0v) is 8.24. The van der Waals surface area contributed by atoms with Crippen molar-refractivity contribution in [1.82, 2.24) is 0 Å². The smallest absolute Gasteiger partial charge is 0.335 e. The quantitative estimate of drug-likeness (QED) is 0.801. The molecule has 1 rings (SSSR count). The molecule has 0 aromatic heterocycles.